The lowest BCUT2D eigenvalue weighted by atomic mass is 9.83. The molecule has 2 atom stereocenters. The quantitative estimate of drug-likeness (QED) is 0.116. The first kappa shape index (κ1) is 36.5. The van der Waals surface area contributed by atoms with Crippen molar-refractivity contribution in [3.05, 3.63) is 59.3 Å². The molecule has 3 aromatic rings. The number of aliphatic hydroxyl groups excluding tert-OH is 1. The van der Waals surface area contributed by atoms with Crippen molar-refractivity contribution in [2.75, 3.05) is 19.8 Å². The molecule has 7 nitrogen and oxygen atoms in total. The van der Waals surface area contributed by atoms with Gasteiger partial charge in [-0.15, -0.1) is 0 Å². The van der Waals surface area contributed by atoms with Gasteiger partial charge in [-0.25, -0.2) is 4.79 Å². The van der Waals surface area contributed by atoms with Gasteiger partial charge in [-0.2, -0.15) is 0 Å². The Morgan fingerprint density at radius 3 is 1.91 bits per heavy atom. The zero-order chi connectivity index (χ0) is 33.1. The van der Waals surface area contributed by atoms with Crippen molar-refractivity contribution >= 4 is 52.1 Å². The highest BCUT2D eigenvalue weighted by Gasteiger charge is 2.32. The third-order valence-corrected chi connectivity index (χ3v) is 8.55. The fourth-order valence-electron chi connectivity index (χ4n) is 4.96. The zero-order valence-electron chi connectivity index (χ0n) is 27.6. The summed E-state index contributed by atoms with van der Waals surface area (Å²) in [6.07, 6.45) is 5.22. The highest BCUT2D eigenvalue weighted by molar-refractivity contribution is 6.15. The molecule has 0 saturated carbocycles. The molecule has 1 N–H and O–H groups in total. The number of aliphatic hydroxyl groups is 1. The fourth-order valence-corrected chi connectivity index (χ4v) is 4.96. The molecule has 44 heavy (non-hydrogen) atoms. The van der Waals surface area contributed by atoms with E-state index in [4.69, 9.17) is 19.3 Å². The summed E-state index contributed by atoms with van der Waals surface area (Å²) >= 11 is 0. The largest absolute Gasteiger partial charge is 0.463 e. The third kappa shape index (κ3) is 8.91. The highest BCUT2D eigenvalue weighted by atomic mass is 16.6. The maximum Gasteiger partial charge on any atom is 0.338 e. The molecule has 0 saturated heterocycles. The van der Waals surface area contributed by atoms with E-state index >= 15 is 0 Å². The topological polar surface area (TPSA) is 99.1 Å². The summed E-state index contributed by atoms with van der Waals surface area (Å²) in [5.74, 6) is -0.887. The summed E-state index contributed by atoms with van der Waals surface area (Å²) in [5.41, 5.74) is 0.596. The molecule has 0 aliphatic carbocycles. The van der Waals surface area contributed by atoms with E-state index in [0.29, 0.717) is 18.4 Å². The van der Waals surface area contributed by atoms with Crippen LogP contribution in [0.1, 0.15) is 96.5 Å². The van der Waals surface area contributed by atoms with Crippen LogP contribution in [0.4, 0.5) is 0 Å². The maximum absolute atomic E-state index is 12.6. The minimum absolute atomic E-state index is 0.0226. The second-order valence-electron chi connectivity index (χ2n) is 11.9. The normalized spacial score (nSPS) is 13.4. The number of benzene rings is 3. The highest BCUT2D eigenvalue weighted by Crippen LogP contribution is 2.30. The molecular formula is C37H50O7. The first-order valence-electron chi connectivity index (χ1n) is 15.6. The Bertz CT molecular complexity index is 1470. The Morgan fingerprint density at radius 2 is 1.39 bits per heavy atom. The van der Waals surface area contributed by atoms with Crippen molar-refractivity contribution < 1.29 is 33.7 Å². The molecule has 2 unspecified atom stereocenters. The number of rotatable bonds is 14. The summed E-state index contributed by atoms with van der Waals surface area (Å²) in [7, 11) is 0. The monoisotopic (exact) mass is 606 g/mol. The number of hydrogen-bond donors (Lipinski definition) is 1. The maximum atomic E-state index is 12.6. The van der Waals surface area contributed by atoms with Gasteiger partial charge in [0.05, 0.1) is 22.5 Å². The molecule has 0 aromatic heterocycles. The Balaban J connectivity index is 0.000000408. The first-order chi connectivity index (χ1) is 20.8. The van der Waals surface area contributed by atoms with Gasteiger partial charge in [0.25, 0.3) is 0 Å². The van der Waals surface area contributed by atoms with Gasteiger partial charge >= 0.3 is 17.9 Å². The minimum Gasteiger partial charge on any atom is -0.463 e. The van der Waals surface area contributed by atoms with Gasteiger partial charge in [0.2, 0.25) is 0 Å². The van der Waals surface area contributed by atoms with Crippen molar-refractivity contribution in [3.8, 4) is 0 Å². The number of hydrogen-bond acceptors (Lipinski definition) is 7. The van der Waals surface area contributed by atoms with E-state index in [1.54, 1.807) is 6.92 Å². The summed E-state index contributed by atoms with van der Waals surface area (Å²) in [4.78, 5) is 36.4. The standard InChI is InChI=1S/C26H28O4.C11H22O3/c1-6-18-11-12-20-16-21(15-19-10-9-17(4)22(18)23(19)20)24(27)29-13-14-30-25(28)26(5,7-2)8-3;1-5-7-11(4,6-2)10(13)14-8-9(3)12/h6,9-12,15-16H,1,4,7-8,13-14H2,2-3,5H3;9,12H,5-8H2,1-4H3. The molecule has 0 radical (unpaired) electrons. The molecule has 3 rings (SSSR count). The average molecular weight is 607 g/mol. The van der Waals surface area contributed by atoms with Crippen LogP contribution >= 0.6 is 0 Å². The summed E-state index contributed by atoms with van der Waals surface area (Å²) < 4.78 is 15.7. The molecule has 0 aliphatic heterocycles. The minimum atomic E-state index is -0.582. The van der Waals surface area contributed by atoms with Crippen LogP contribution in [-0.2, 0) is 23.8 Å². The van der Waals surface area contributed by atoms with E-state index in [-0.39, 0.29) is 37.2 Å². The molecule has 0 heterocycles. The van der Waals surface area contributed by atoms with Crippen LogP contribution in [0, 0.1) is 10.8 Å². The van der Waals surface area contributed by atoms with Crippen molar-refractivity contribution in [1.82, 2.24) is 0 Å². The second kappa shape index (κ2) is 16.4. The number of ether oxygens (including phenoxy) is 3. The number of carbonyl (C=O) groups is 3. The SMILES string of the molecule is C=Cc1ccc2cc(C(=O)OCCOC(=O)C(C)(CC)CC)cc3ccc(=C)c1c23.CCCC(C)(CC)C(=O)OCC(C)O. The van der Waals surface area contributed by atoms with Crippen molar-refractivity contribution in [3.63, 3.8) is 0 Å². The van der Waals surface area contributed by atoms with Crippen molar-refractivity contribution in [2.24, 2.45) is 10.8 Å². The Labute approximate surface area is 262 Å². The smallest absolute Gasteiger partial charge is 0.338 e. The van der Waals surface area contributed by atoms with Crippen LogP contribution in [0.2, 0.25) is 0 Å². The van der Waals surface area contributed by atoms with Gasteiger partial charge in [-0.1, -0.05) is 77.6 Å². The van der Waals surface area contributed by atoms with E-state index < -0.39 is 17.5 Å². The number of esters is 3. The third-order valence-electron chi connectivity index (χ3n) is 8.55. The van der Waals surface area contributed by atoms with Crippen LogP contribution in [0.5, 0.6) is 0 Å². The van der Waals surface area contributed by atoms with E-state index in [1.807, 2.05) is 77.1 Å². The predicted octanol–water partition coefficient (Wildman–Crippen LogP) is 7.42. The van der Waals surface area contributed by atoms with E-state index in [1.165, 1.54) is 0 Å². The predicted molar refractivity (Wildman–Crippen MR) is 178 cm³/mol. The van der Waals surface area contributed by atoms with Gasteiger partial charge in [-0.3, -0.25) is 9.59 Å². The summed E-state index contributed by atoms with van der Waals surface area (Å²) in [5, 5.41) is 13.9. The molecule has 0 aliphatic rings. The van der Waals surface area contributed by atoms with Crippen LogP contribution in [0.3, 0.4) is 0 Å². The lowest BCUT2D eigenvalue weighted by Gasteiger charge is -2.25. The fraction of sp³-hybridized carbons (Fsp3) is 0.486. The summed E-state index contributed by atoms with van der Waals surface area (Å²) in [6, 6.07) is 11.5. The van der Waals surface area contributed by atoms with Crippen molar-refractivity contribution in [1.29, 1.82) is 0 Å². The first-order valence-corrected chi connectivity index (χ1v) is 15.6. The Morgan fingerprint density at radius 1 is 0.841 bits per heavy atom. The molecule has 240 valence electrons. The lowest BCUT2D eigenvalue weighted by molar-refractivity contribution is -0.158. The molecule has 0 fully saturated rings. The zero-order valence-corrected chi connectivity index (χ0v) is 27.6. The molecule has 7 heteroatoms. The lowest BCUT2D eigenvalue weighted by Crippen LogP contribution is -2.31. The van der Waals surface area contributed by atoms with Gasteiger partial charge in [-0.05, 0) is 90.9 Å². The van der Waals surface area contributed by atoms with Gasteiger partial charge in [0.1, 0.15) is 19.8 Å². The van der Waals surface area contributed by atoms with E-state index in [9.17, 15) is 14.4 Å². The van der Waals surface area contributed by atoms with E-state index in [2.05, 4.69) is 20.1 Å². The molecular weight excluding hydrogens is 556 g/mol. The van der Waals surface area contributed by atoms with Gasteiger partial charge < -0.3 is 19.3 Å². The average Bonchev–Trinajstić information content (AvgIpc) is 3.02. The van der Waals surface area contributed by atoms with Crippen molar-refractivity contribution in [2.45, 2.75) is 86.7 Å². The van der Waals surface area contributed by atoms with Crippen LogP contribution in [-0.4, -0.2) is 48.9 Å². The van der Waals surface area contributed by atoms with E-state index in [0.717, 1.165) is 51.6 Å². The van der Waals surface area contributed by atoms with Gasteiger partial charge in [0.15, 0.2) is 0 Å². The Kier molecular flexibility index (Phi) is 13.6. The number of carbonyl (C=O) groups excluding carboxylic acids is 3. The van der Waals surface area contributed by atoms with Crippen LogP contribution in [0.15, 0.2) is 43.0 Å². The molecule has 0 amide bonds. The molecule has 0 spiro atoms. The summed E-state index contributed by atoms with van der Waals surface area (Å²) in [6.45, 7) is 21.6. The Hall–Kier alpha value is -3.71. The second-order valence-corrected chi connectivity index (χ2v) is 11.9. The molecule has 3 aromatic carbocycles. The van der Waals surface area contributed by atoms with Crippen LogP contribution in [0.25, 0.3) is 34.2 Å². The van der Waals surface area contributed by atoms with Crippen LogP contribution < -0.4 is 5.22 Å². The van der Waals surface area contributed by atoms with Gasteiger partial charge in [0, 0.05) is 0 Å². The molecule has 0 bridgehead atoms.